The van der Waals surface area contributed by atoms with Crippen molar-refractivity contribution in [2.75, 3.05) is 0 Å². The number of halogens is 1. The number of aromatic nitrogens is 2. The van der Waals surface area contributed by atoms with Gasteiger partial charge in [-0.3, -0.25) is 4.98 Å². The maximum Gasteiger partial charge on any atom is 0.326 e. The van der Waals surface area contributed by atoms with Crippen LogP contribution in [0.4, 0.5) is 0 Å². The van der Waals surface area contributed by atoms with E-state index in [0.717, 1.165) is 0 Å². The fourth-order valence-corrected chi connectivity index (χ4v) is 3.29. The molecule has 0 saturated carbocycles. The number of rotatable bonds is 6. The molecule has 1 aromatic heterocycles. The van der Waals surface area contributed by atoms with Crippen molar-refractivity contribution >= 4 is 21.6 Å². The molecule has 1 heterocycles. The Morgan fingerprint density at radius 3 is 2.46 bits per heavy atom. The standard InChI is InChI=1S/C16H14ClN3O5S/c17-10-4-6-11(7-5-10)25-12-2-1-3-13(8-12)26(23,24)18-9-14-15(21)20-16(22)19-14/h1-8,18,21H,9H2,(H2,19,20,22). The Kier molecular flexibility index (Phi) is 5.03. The summed E-state index contributed by atoms with van der Waals surface area (Å²) < 4.78 is 32.7. The summed E-state index contributed by atoms with van der Waals surface area (Å²) in [5.74, 6) is 0.414. The largest absolute Gasteiger partial charge is 0.493 e. The van der Waals surface area contributed by atoms with Crippen LogP contribution in [-0.4, -0.2) is 23.5 Å². The summed E-state index contributed by atoms with van der Waals surface area (Å²) in [5, 5.41) is 10.0. The van der Waals surface area contributed by atoms with E-state index in [9.17, 15) is 18.3 Å². The molecule has 0 saturated heterocycles. The van der Waals surface area contributed by atoms with Gasteiger partial charge in [-0.15, -0.1) is 0 Å². The number of hydrogen-bond donors (Lipinski definition) is 4. The van der Waals surface area contributed by atoms with Crippen molar-refractivity contribution in [3.63, 3.8) is 0 Å². The molecule has 136 valence electrons. The Morgan fingerprint density at radius 2 is 1.81 bits per heavy atom. The molecule has 0 aliphatic heterocycles. The zero-order valence-electron chi connectivity index (χ0n) is 13.2. The fourth-order valence-electron chi connectivity index (χ4n) is 2.13. The number of hydrogen-bond acceptors (Lipinski definition) is 5. The van der Waals surface area contributed by atoms with Gasteiger partial charge in [0.15, 0.2) is 0 Å². The first-order chi connectivity index (χ1) is 12.3. The van der Waals surface area contributed by atoms with E-state index < -0.39 is 21.6 Å². The van der Waals surface area contributed by atoms with Crippen LogP contribution in [0.25, 0.3) is 0 Å². The predicted molar refractivity (Wildman–Crippen MR) is 95.1 cm³/mol. The molecule has 26 heavy (non-hydrogen) atoms. The Hall–Kier alpha value is -2.75. The van der Waals surface area contributed by atoms with Gasteiger partial charge in [-0.25, -0.2) is 17.9 Å². The van der Waals surface area contributed by atoms with E-state index in [1.54, 1.807) is 30.3 Å². The van der Waals surface area contributed by atoms with Gasteiger partial charge in [-0.05, 0) is 36.4 Å². The van der Waals surface area contributed by atoms with Crippen molar-refractivity contribution in [3.05, 3.63) is 69.7 Å². The molecule has 3 aromatic rings. The summed E-state index contributed by atoms with van der Waals surface area (Å²) in [7, 11) is -3.89. The number of aromatic amines is 2. The van der Waals surface area contributed by atoms with Crippen LogP contribution >= 0.6 is 11.6 Å². The molecule has 8 nitrogen and oxygen atoms in total. The molecule has 0 spiro atoms. The zero-order valence-corrected chi connectivity index (χ0v) is 14.8. The Bertz CT molecular complexity index is 1070. The van der Waals surface area contributed by atoms with Crippen LogP contribution in [0.2, 0.25) is 5.02 Å². The lowest BCUT2D eigenvalue weighted by Gasteiger charge is -2.09. The monoisotopic (exact) mass is 395 g/mol. The van der Waals surface area contributed by atoms with Gasteiger partial charge in [0, 0.05) is 11.1 Å². The van der Waals surface area contributed by atoms with Crippen LogP contribution in [0.3, 0.4) is 0 Å². The second kappa shape index (κ2) is 7.24. The predicted octanol–water partition coefficient (Wildman–Crippen LogP) is 2.33. The van der Waals surface area contributed by atoms with Crippen molar-refractivity contribution < 1.29 is 18.3 Å². The molecule has 10 heteroatoms. The van der Waals surface area contributed by atoms with Crippen LogP contribution in [0.5, 0.6) is 17.4 Å². The number of nitrogens with one attached hydrogen (secondary N) is 3. The molecule has 0 radical (unpaired) electrons. The maximum atomic E-state index is 12.4. The smallest absolute Gasteiger partial charge is 0.326 e. The van der Waals surface area contributed by atoms with Gasteiger partial charge in [0.1, 0.15) is 11.5 Å². The number of benzene rings is 2. The number of ether oxygens (including phenoxy) is 1. The maximum absolute atomic E-state index is 12.4. The average molecular weight is 396 g/mol. The van der Waals surface area contributed by atoms with Crippen LogP contribution in [-0.2, 0) is 16.6 Å². The second-order valence-corrected chi connectivity index (χ2v) is 7.47. The van der Waals surface area contributed by atoms with Crippen molar-refractivity contribution in [2.45, 2.75) is 11.4 Å². The summed E-state index contributed by atoms with van der Waals surface area (Å²) in [5.41, 5.74) is -0.595. The Labute approximate surface area is 153 Å². The van der Waals surface area contributed by atoms with Crippen LogP contribution in [0.15, 0.2) is 58.2 Å². The van der Waals surface area contributed by atoms with E-state index in [1.807, 2.05) is 0 Å². The summed E-state index contributed by atoms with van der Waals surface area (Å²) in [4.78, 5) is 15.4. The molecule has 0 aliphatic rings. The summed E-state index contributed by atoms with van der Waals surface area (Å²) in [6.07, 6.45) is 0. The van der Waals surface area contributed by atoms with Crippen LogP contribution in [0.1, 0.15) is 5.69 Å². The van der Waals surface area contributed by atoms with Gasteiger partial charge >= 0.3 is 5.69 Å². The average Bonchev–Trinajstić information content (AvgIpc) is 2.93. The molecule has 0 amide bonds. The minimum atomic E-state index is -3.89. The van der Waals surface area contributed by atoms with Gasteiger partial charge < -0.3 is 14.8 Å². The van der Waals surface area contributed by atoms with Crippen LogP contribution in [0, 0.1) is 0 Å². The van der Waals surface area contributed by atoms with E-state index in [4.69, 9.17) is 16.3 Å². The molecule has 4 N–H and O–H groups in total. The third kappa shape index (κ3) is 4.26. The molecular formula is C16H14ClN3O5S. The highest BCUT2D eigenvalue weighted by molar-refractivity contribution is 7.89. The first kappa shape index (κ1) is 18.1. The Balaban J connectivity index is 1.76. The molecule has 0 bridgehead atoms. The van der Waals surface area contributed by atoms with Crippen molar-refractivity contribution in [3.8, 4) is 17.4 Å². The SMILES string of the molecule is O=c1[nH]c(O)c(CNS(=O)(=O)c2cccc(Oc3ccc(Cl)cc3)c2)[nH]1. The van der Waals surface area contributed by atoms with Crippen LogP contribution < -0.4 is 15.1 Å². The second-order valence-electron chi connectivity index (χ2n) is 5.26. The molecule has 0 unspecified atom stereocenters. The van der Waals surface area contributed by atoms with Gasteiger partial charge in [0.05, 0.1) is 17.1 Å². The minimum Gasteiger partial charge on any atom is -0.493 e. The topological polar surface area (TPSA) is 124 Å². The molecule has 0 fully saturated rings. The van der Waals surface area contributed by atoms with Crippen molar-refractivity contribution in [1.82, 2.24) is 14.7 Å². The van der Waals surface area contributed by atoms with Gasteiger partial charge in [0.25, 0.3) is 0 Å². The van der Waals surface area contributed by atoms with E-state index >= 15 is 0 Å². The van der Waals surface area contributed by atoms with Crippen molar-refractivity contribution in [1.29, 1.82) is 0 Å². The summed E-state index contributed by atoms with van der Waals surface area (Å²) >= 11 is 5.81. The number of imidazole rings is 1. The summed E-state index contributed by atoms with van der Waals surface area (Å²) in [6.45, 7) is -0.283. The number of sulfonamides is 1. The lowest BCUT2D eigenvalue weighted by molar-refractivity contribution is 0.447. The van der Waals surface area contributed by atoms with E-state index in [0.29, 0.717) is 16.5 Å². The lowest BCUT2D eigenvalue weighted by Crippen LogP contribution is -2.23. The third-order valence-corrected chi connectivity index (χ3v) is 5.04. The molecule has 3 rings (SSSR count). The highest BCUT2D eigenvalue weighted by atomic mass is 35.5. The third-order valence-electron chi connectivity index (χ3n) is 3.39. The molecule has 0 atom stereocenters. The number of H-pyrrole nitrogens is 2. The van der Waals surface area contributed by atoms with E-state index in [2.05, 4.69) is 14.7 Å². The van der Waals surface area contributed by atoms with Gasteiger partial charge in [-0.1, -0.05) is 17.7 Å². The Morgan fingerprint density at radius 1 is 1.08 bits per heavy atom. The van der Waals surface area contributed by atoms with E-state index in [-0.39, 0.29) is 17.1 Å². The molecule has 0 aliphatic carbocycles. The fraction of sp³-hybridized carbons (Fsp3) is 0.0625. The van der Waals surface area contributed by atoms with Gasteiger partial charge in [0.2, 0.25) is 15.9 Å². The first-order valence-electron chi connectivity index (χ1n) is 7.37. The number of aromatic hydroxyl groups is 1. The molecule has 2 aromatic carbocycles. The normalized spacial score (nSPS) is 11.4. The zero-order chi connectivity index (χ0) is 18.7. The minimum absolute atomic E-state index is 0.0265. The highest BCUT2D eigenvalue weighted by Gasteiger charge is 2.16. The highest BCUT2D eigenvalue weighted by Crippen LogP contribution is 2.25. The van der Waals surface area contributed by atoms with Gasteiger partial charge in [-0.2, -0.15) is 0 Å². The summed E-state index contributed by atoms with van der Waals surface area (Å²) in [6, 6.07) is 12.5. The lowest BCUT2D eigenvalue weighted by atomic mass is 10.3. The molecular weight excluding hydrogens is 382 g/mol. The van der Waals surface area contributed by atoms with Crippen molar-refractivity contribution in [2.24, 2.45) is 0 Å². The first-order valence-corrected chi connectivity index (χ1v) is 9.23. The van der Waals surface area contributed by atoms with E-state index in [1.165, 1.54) is 18.2 Å². The quantitative estimate of drug-likeness (QED) is 0.510.